The van der Waals surface area contributed by atoms with E-state index in [1.54, 1.807) is 6.92 Å². The molecule has 1 amide bonds. The largest absolute Gasteiger partial charge is 0.464 e. The molecular weight excluding hydrogens is 324 g/mol. The molecule has 0 atom stereocenters. The molecule has 0 fully saturated rings. The van der Waals surface area contributed by atoms with E-state index < -0.39 is 0 Å². The van der Waals surface area contributed by atoms with Crippen molar-refractivity contribution in [3.05, 3.63) is 30.0 Å². The highest BCUT2D eigenvalue weighted by atomic mass is 16.3. The van der Waals surface area contributed by atoms with Crippen LogP contribution < -0.4 is 10.2 Å². The molecule has 1 heterocycles. The van der Waals surface area contributed by atoms with Crippen LogP contribution in [0.4, 0.5) is 5.69 Å². The van der Waals surface area contributed by atoms with Crippen molar-refractivity contribution in [1.29, 1.82) is 0 Å². The van der Waals surface area contributed by atoms with Crippen LogP contribution >= 0.6 is 0 Å². The van der Waals surface area contributed by atoms with Gasteiger partial charge in [-0.05, 0) is 43.0 Å². The summed E-state index contributed by atoms with van der Waals surface area (Å²) >= 11 is 0. The minimum atomic E-state index is 0.0114. The summed E-state index contributed by atoms with van der Waals surface area (Å²) in [5, 5.41) is 3.98. The van der Waals surface area contributed by atoms with Crippen LogP contribution in [0.15, 0.2) is 28.9 Å². The van der Waals surface area contributed by atoms with E-state index in [1.165, 1.54) is 24.8 Å². The lowest BCUT2D eigenvalue weighted by Gasteiger charge is -2.22. The molecule has 0 aliphatic carbocycles. The number of nitrogens with one attached hydrogen (secondary N) is 1. The molecule has 1 aromatic heterocycles. The molecule has 0 aliphatic heterocycles. The van der Waals surface area contributed by atoms with Crippen molar-refractivity contribution in [1.82, 2.24) is 5.32 Å². The van der Waals surface area contributed by atoms with E-state index in [4.69, 9.17) is 10.8 Å². The van der Waals surface area contributed by atoms with E-state index in [9.17, 15) is 4.79 Å². The second kappa shape index (κ2) is 10.6. The number of furan rings is 1. The molecular formula is C22H30N2O2. The van der Waals surface area contributed by atoms with Crippen molar-refractivity contribution in [3.8, 4) is 12.3 Å². The second-order valence-corrected chi connectivity index (χ2v) is 6.71. The minimum Gasteiger partial charge on any atom is -0.464 e. The number of aryl methyl sites for hydroxylation is 1. The normalized spacial score (nSPS) is 10.7. The van der Waals surface area contributed by atoms with Crippen LogP contribution in [0.3, 0.4) is 0 Å². The van der Waals surface area contributed by atoms with Gasteiger partial charge in [0.1, 0.15) is 5.58 Å². The Morgan fingerprint density at radius 1 is 1.27 bits per heavy atom. The van der Waals surface area contributed by atoms with Gasteiger partial charge in [0.25, 0.3) is 0 Å². The summed E-state index contributed by atoms with van der Waals surface area (Å²) in [6, 6.07) is 6.30. The summed E-state index contributed by atoms with van der Waals surface area (Å²) < 4.78 is 5.69. The molecule has 2 rings (SSSR count). The molecule has 140 valence electrons. The van der Waals surface area contributed by atoms with Gasteiger partial charge < -0.3 is 14.6 Å². The average molecular weight is 354 g/mol. The lowest BCUT2D eigenvalue weighted by Crippen LogP contribution is -2.24. The van der Waals surface area contributed by atoms with Gasteiger partial charge in [-0.25, -0.2) is 0 Å². The van der Waals surface area contributed by atoms with E-state index in [0.717, 1.165) is 42.5 Å². The quantitative estimate of drug-likeness (QED) is 0.477. The Balaban J connectivity index is 2.07. The highest BCUT2D eigenvalue weighted by Gasteiger charge is 2.11. The fourth-order valence-corrected chi connectivity index (χ4v) is 3.14. The highest BCUT2D eigenvalue weighted by Crippen LogP contribution is 2.27. The maximum absolute atomic E-state index is 11.0. The molecule has 0 saturated heterocycles. The van der Waals surface area contributed by atoms with Gasteiger partial charge in [-0.3, -0.25) is 4.79 Å². The third kappa shape index (κ3) is 5.84. The zero-order valence-corrected chi connectivity index (χ0v) is 16.0. The number of anilines is 1. The van der Waals surface area contributed by atoms with E-state index in [1.807, 2.05) is 12.3 Å². The van der Waals surface area contributed by atoms with Gasteiger partial charge in [-0.1, -0.05) is 32.1 Å². The van der Waals surface area contributed by atoms with Crippen LogP contribution in [0.5, 0.6) is 0 Å². The maximum Gasteiger partial charge on any atom is 0.216 e. The molecule has 0 unspecified atom stereocenters. The number of carbonyl (C=O) groups is 1. The molecule has 4 heteroatoms. The molecule has 1 aromatic carbocycles. The fraction of sp³-hybridized carbons (Fsp3) is 0.500. The van der Waals surface area contributed by atoms with Crippen molar-refractivity contribution in [3.63, 3.8) is 0 Å². The molecule has 0 bridgehead atoms. The Hall–Kier alpha value is -2.41. The van der Waals surface area contributed by atoms with Crippen LogP contribution in [0.25, 0.3) is 11.0 Å². The first-order valence-electron chi connectivity index (χ1n) is 9.58. The van der Waals surface area contributed by atoms with Crippen LogP contribution in [0.1, 0.15) is 51.5 Å². The van der Waals surface area contributed by atoms with Gasteiger partial charge >= 0.3 is 0 Å². The number of rotatable bonds is 11. The highest BCUT2D eigenvalue weighted by molar-refractivity contribution is 5.85. The predicted molar refractivity (Wildman–Crippen MR) is 108 cm³/mol. The Bertz CT molecular complexity index is 742. The molecule has 0 spiro atoms. The lowest BCUT2D eigenvalue weighted by molar-refractivity contribution is -0.118. The van der Waals surface area contributed by atoms with Gasteiger partial charge in [0, 0.05) is 31.1 Å². The molecule has 0 aliphatic rings. The topological polar surface area (TPSA) is 45.5 Å². The SMILES string of the molecule is C#CCN(CCCCCC)c1ccc2occ(CCCNC(C)=O)c2c1. The summed E-state index contributed by atoms with van der Waals surface area (Å²) in [6.45, 7) is 6.04. The zero-order chi connectivity index (χ0) is 18.8. The molecule has 0 saturated carbocycles. The average Bonchev–Trinajstić information content (AvgIpc) is 3.03. The minimum absolute atomic E-state index is 0.0114. The van der Waals surface area contributed by atoms with Crippen molar-refractivity contribution >= 4 is 22.6 Å². The number of unbranched alkanes of at least 4 members (excludes halogenated alkanes) is 3. The van der Waals surface area contributed by atoms with Crippen molar-refractivity contribution < 1.29 is 9.21 Å². The second-order valence-electron chi connectivity index (χ2n) is 6.71. The number of terminal acetylenes is 1. The van der Waals surface area contributed by atoms with E-state index >= 15 is 0 Å². The van der Waals surface area contributed by atoms with Gasteiger partial charge in [0.15, 0.2) is 0 Å². The Morgan fingerprint density at radius 2 is 2.12 bits per heavy atom. The van der Waals surface area contributed by atoms with Gasteiger partial charge in [-0.2, -0.15) is 0 Å². The van der Waals surface area contributed by atoms with Crippen molar-refractivity contribution in [2.24, 2.45) is 0 Å². The zero-order valence-electron chi connectivity index (χ0n) is 16.0. The van der Waals surface area contributed by atoms with Crippen LogP contribution in [0.2, 0.25) is 0 Å². The summed E-state index contributed by atoms with van der Waals surface area (Å²) in [6.07, 6.45) is 14.1. The molecule has 0 radical (unpaired) electrons. The van der Waals surface area contributed by atoms with E-state index in [0.29, 0.717) is 13.1 Å². The predicted octanol–water partition coefficient (Wildman–Crippen LogP) is 4.52. The van der Waals surface area contributed by atoms with Gasteiger partial charge in [0.2, 0.25) is 5.91 Å². The van der Waals surface area contributed by atoms with Crippen LogP contribution in [-0.2, 0) is 11.2 Å². The van der Waals surface area contributed by atoms with E-state index in [2.05, 4.69) is 35.2 Å². The number of hydrogen-bond acceptors (Lipinski definition) is 3. The summed E-state index contributed by atoms with van der Waals surface area (Å²) in [7, 11) is 0. The standard InChI is InChI=1S/C22H30N2O2/c1-4-6-7-8-15-24(14-5-2)20-11-12-22-21(16-20)19(17-26-22)10-9-13-23-18(3)25/h2,11-12,16-17H,4,6-10,13-15H2,1,3H3,(H,23,25). The van der Waals surface area contributed by atoms with Crippen molar-refractivity contribution in [2.75, 3.05) is 24.5 Å². The number of hydrogen-bond donors (Lipinski definition) is 1. The Labute approximate surface area is 156 Å². The lowest BCUT2D eigenvalue weighted by atomic mass is 10.1. The molecule has 2 aromatic rings. The van der Waals surface area contributed by atoms with Crippen molar-refractivity contribution in [2.45, 2.75) is 52.4 Å². The fourth-order valence-electron chi connectivity index (χ4n) is 3.14. The van der Waals surface area contributed by atoms with Crippen LogP contribution in [0, 0.1) is 12.3 Å². The maximum atomic E-state index is 11.0. The monoisotopic (exact) mass is 354 g/mol. The number of amides is 1. The summed E-state index contributed by atoms with van der Waals surface area (Å²) in [5.74, 6) is 2.79. The first kappa shape index (κ1) is 19.9. The first-order valence-corrected chi connectivity index (χ1v) is 9.58. The van der Waals surface area contributed by atoms with Gasteiger partial charge in [0.05, 0.1) is 12.8 Å². The molecule has 1 N–H and O–H groups in total. The number of nitrogens with zero attached hydrogens (tertiary/aromatic N) is 1. The number of carbonyl (C=O) groups excluding carboxylic acids is 1. The third-order valence-corrected chi connectivity index (χ3v) is 4.56. The molecule has 4 nitrogen and oxygen atoms in total. The number of benzene rings is 1. The van der Waals surface area contributed by atoms with Gasteiger partial charge in [-0.15, -0.1) is 6.42 Å². The smallest absolute Gasteiger partial charge is 0.216 e. The Morgan fingerprint density at radius 3 is 2.85 bits per heavy atom. The van der Waals surface area contributed by atoms with Crippen LogP contribution in [-0.4, -0.2) is 25.5 Å². The number of fused-ring (bicyclic) bond motifs is 1. The summed E-state index contributed by atoms with van der Waals surface area (Å²) in [4.78, 5) is 13.2. The summed E-state index contributed by atoms with van der Waals surface area (Å²) in [5.41, 5.74) is 3.23. The third-order valence-electron chi connectivity index (χ3n) is 4.56. The molecule has 26 heavy (non-hydrogen) atoms. The van der Waals surface area contributed by atoms with E-state index in [-0.39, 0.29) is 5.91 Å². The first-order chi connectivity index (χ1) is 12.7. The Kier molecular flexibility index (Phi) is 8.08.